The lowest BCUT2D eigenvalue weighted by Crippen LogP contribution is -2.03. The van der Waals surface area contributed by atoms with Gasteiger partial charge < -0.3 is 4.74 Å². The van der Waals surface area contributed by atoms with Crippen LogP contribution in [0, 0.1) is 6.92 Å². The van der Waals surface area contributed by atoms with Crippen LogP contribution in [0.3, 0.4) is 0 Å². The number of halogens is 2. The van der Waals surface area contributed by atoms with Crippen LogP contribution < -0.4 is 4.74 Å². The molecule has 1 aromatic rings. The van der Waals surface area contributed by atoms with E-state index in [0.717, 1.165) is 17.7 Å². The number of alkyl halides is 2. The van der Waals surface area contributed by atoms with Gasteiger partial charge in [-0.15, -0.1) is 11.6 Å². The molecule has 2 nitrogen and oxygen atoms in total. The monoisotopic (exact) mass is 304 g/mol. The third-order valence-electron chi connectivity index (χ3n) is 2.15. The van der Waals surface area contributed by atoms with Crippen molar-refractivity contribution >= 4 is 33.3 Å². The van der Waals surface area contributed by atoms with E-state index in [0.29, 0.717) is 23.4 Å². The molecule has 0 radical (unpaired) electrons. The summed E-state index contributed by atoms with van der Waals surface area (Å²) in [5.74, 6) is 1.49. The van der Waals surface area contributed by atoms with Gasteiger partial charge in [0.15, 0.2) is 5.78 Å². The predicted octanol–water partition coefficient (Wildman–Crippen LogP) is 3.58. The molecule has 0 unspecified atom stereocenters. The second-order valence-corrected chi connectivity index (χ2v) is 4.37. The van der Waals surface area contributed by atoms with Gasteiger partial charge in [0.25, 0.3) is 0 Å². The highest BCUT2D eigenvalue weighted by Gasteiger charge is 2.06. The van der Waals surface area contributed by atoms with Crippen molar-refractivity contribution in [1.29, 1.82) is 0 Å². The van der Waals surface area contributed by atoms with Gasteiger partial charge in [0.05, 0.1) is 11.9 Å². The van der Waals surface area contributed by atoms with Crippen LogP contribution in [0.25, 0.3) is 0 Å². The van der Waals surface area contributed by atoms with Crippen molar-refractivity contribution in [3.05, 3.63) is 29.3 Å². The number of carbonyl (C=O) groups is 1. The van der Waals surface area contributed by atoms with E-state index in [2.05, 4.69) is 15.9 Å². The van der Waals surface area contributed by atoms with Crippen molar-refractivity contribution in [3.63, 3.8) is 0 Å². The number of aryl methyl sites for hydroxylation is 1. The molecule has 0 saturated heterocycles. The van der Waals surface area contributed by atoms with Gasteiger partial charge in [-0.25, -0.2) is 0 Å². The number of hydrogen-bond acceptors (Lipinski definition) is 2. The number of carbonyl (C=O) groups excluding carboxylic acids is 1. The van der Waals surface area contributed by atoms with Gasteiger partial charge in [-0.05, 0) is 37.1 Å². The first kappa shape index (κ1) is 13.5. The Morgan fingerprint density at radius 1 is 1.50 bits per heavy atom. The maximum atomic E-state index is 11.4. The molecule has 0 aromatic heterocycles. The minimum absolute atomic E-state index is 0.0791. The van der Waals surface area contributed by atoms with Crippen LogP contribution in [0.1, 0.15) is 22.3 Å². The number of ketones is 1. The zero-order valence-electron chi connectivity index (χ0n) is 9.13. The quantitative estimate of drug-likeness (QED) is 0.456. The average molecular weight is 306 g/mol. The Morgan fingerprint density at radius 2 is 2.25 bits per heavy atom. The van der Waals surface area contributed by atoms with E-state index < -0.39 is 0 Å². The molecule has 4 heteroatoms. The van der Waals surface area contributed by atoms with Crippen LogP contribution in [0.4, 0.5) is 0 Å². The zero-order valence-corrected chi connectivity index (χ0v) is 11.5. The summed E-state index contributed by atoms with van der Waals surface area (Å²) in [7, 11) is 0. The molecule has 0 amide bonds. The Balaban J connectivity index is 2.71. The molecule has 0 atom stereocenters. The third kappa shape index (κ3) is 3.80. The van der Waals surface area contributed by atoms with E-state index in [9.17, 15) is 4.79 Å². The Kier molecular flexibility index (Phi) is 5.85. The van der Waals surface area contributed by atoms with E-state index in [1.54, 1.807) is 6.07 Å². The van der Waals surface area contributed by atoms with E-state index in [1.165, 1.54) is 0 Å². The Morgan fingerprint density at radius 3 is 2.81 bits per heavy atom. The lowest BCUT2D eigenvalue weighted by Gasteiger charge is -2.09. The predicted molar refractivity (Wildman–Crippen MR) is 70.1 cm³/mol. The van der Waals surface area contributed by atoms with Gasteiger partial charge in [0, 0.05) is 11.4 Å². The fourth-order valence-corrected chi connectivity index (χ4v) is 1.73. The maximum absolute atomic E-state index is 11.4. The molecule has 0 aliphatic heterocycles. The number of Topliss-reactive ketones (excluding diaryl/α,β-unsaturated/α-hetero) is 1. The van der Waals surface area contributed by atoms with E-state index >= 15 is 0 Å². The lowest BCUT2D eigenvalue weighted by molar-refractivity contribution is 0.102. The third-order valence-corrected chi connectivity index (χ3v) is 2.93. The van der Waals surface area contributed by atoms with Crippen LogP contribution in [-0.4, -0.2) is 23.6 Å². The summed E-state index contributed by atoms with van der Waals surface area (Å²) in [6, 6.07) is 5.46. The molecule has 0 bridgehead atoms. The number of benzene rings is 1. The first-order chi connectivity index (χ1) is 7.69. The van der Waals surface area contributed by atoms with Gasteiger partial charge in [-0.1, -0.05) is 15.9 Å². The molecule has 88 valence electrons. The van der Waals surface area contributed by atoms with E-state index in [4.69, 9.17) is 16.3 Å². The summed E-state index contributed by atoms with van der Waals surface area (Å²) in [6.07, 6.45) is 0.822. The highest BCUT2D eigenvalue weighted by atomic mass is 79.9. The fraction of sp³-hybridized carbons (Fsp3) is 0.417. The molecule has 1 aromatic carbocycles. The SMILES string of the molecule is Cc1cc(C(=O)CBr)ccc1OCCCCl. The molecule has 16 heavy (non-hydrogen) atoms. The Labute approximate surface area is 109 Å². The summed E-state index contributed by atoms with van der Waals surface area (Å²) in [4.78, 5) is 11.4. The second kappa shape index (κ2) is 6.92. The van der Waals surface area contributed by atoms with Crippen LogP contribution in [-0.2, 0) is 0 Å². The number of ether oxygens (including phenoxy) is 1. The maximum Gasteiger partial charge on any atom is 0.173 e. The van der Waals surface area contributed by atoms with Crippen molar-refractivity contribution in [2.24, 2.45) is 0 Å². The van der Waals surface area contributed by atoms with Gasteiger partial charge >= 0.3 is 0 Å². The van der Waals surface area contributed by atoms with Crippen molar-refractivity contribution in [3.8, 4) is 5.75 Å². The molecule has 0 saturated carbocycles. The molecule has 1 rings (SSSR count). The molecule has 0 aliphatic carbocycles. The summed E-state index contributed by atoms with van der Waals surface area (Å²) in [6.45, 7) is 2.54. The van der Waals surface area contributed by atoms with Crippen LogP contribution in [0.5, 0.6) is 5.75 Å². The van der Waals surface area contributed by atoms with Gasteiger partial charge in [-0.3, -0.25) is 4.79 Å². The first-order valence-electron chi connectivity index (χ1n) is 5.07. The fourth-order valence-electron chi connectivity index (χ4n) is 1.30. The summed E-state index contributed by atoms with van der Waals surface area (Å²) < 4.78 is 5.54. The van der Waals surface area contributed by atoms with Crippen molar-refractivity contribution in [2.45, 2.75) is 13.3 Å². The first-order valence-corrected chi connectivity index (χ1v) is 6.73. The molecular weight excluding hydrogens is 291 g/mol. The van der Waals surface area contributed by atoms with Gasteiger partial charge in [-0.2, -0.15) is 0 Å². The largest absolute Gasteiger partial charge is 0.493 e. The number of hydrogen-bond donors (Lipinski definition) is 0. The topological polar surface area (TPSA) is 26.3 Å². The smallest absolute Gasteiger partial charge is 0.173 e. The minimum atomic E-state index is 0.0791. The van der Waals surface area contributed by atoms with Crippen LogP contribution in [0.2, 0.25) is 0 Å². The number of rotatable bonds is 6. The summed E-state index contributed by atoms with van der Waals surface area (Å²) in [5.41, 5.74) is 1.68. The molecule has 0 N–H and O–H groups in total. The van der Waals surface area contributed by atoms with Crippen molar-refractivity contribution < 1.29 is 9.53 Å². The molecule has 0 spiro atoms. The lowest BCUT2D eigenvalue weighted by atomic mass is 10.1. The normalized spacial score (nSPS) is 10.2. The molecule has 0 aliphatic rings. The van der Waals surface area contributed by atoms with Gasteiger partial charge in [0.2, 0.25) is 0 Å². The molecule has 0 fully saturated rings. The van der Waals surface area contributed by atoms with Crippen molar-refractivity contribution in [2.75, 3.05) is 17.8 Å². The Hall–Kier alpha value is -0.540. The van der Waals surface area contributed by atoms with Crippen molar-refractivity contribution in [1.82, 2.24) is 0 Å². The van der Waals surface area contributed by atoms with E-state index in [1.807, 2.05) is 19.1 Å². The van der Waals surface area contributed by atoms with Gasteiger partial charge in [0.1, 0.15) is 5.75 Å². The van der Waals surface area contributed by atoms with Crippen LogP contribution in [0.15, 0.2) is 18.2 Å². The standard InChI is InChI=1S/C12H14BrClO2/c1-9-7-10(11(15)8-13)3-4-12(9)16-6-2-5-14/h3-4,7H,2,5-6,8H2,1H3. The molecular formula is C12H14BrClO2. The van der Waals surface area contributed by atoms with E-state index in [-0.39, 0.29) is 5.78 Å². The summed E-state index contributed by atoms with van der Waals surface area (Å²) in [5, 5.41) is 0.346. The summed E-state index contributed by atoms with van der Waals surface area (Å²) >= 11 is 8.71. The zero-order chi connectivity index (χ0) is 12.0. The Bertz CT molecular complexity index is 366. The minimum Gasteiger partial charge on any atom is -0.493 e. The van der Waals surface area contributed by atoms with Crippen LogP contribution >= 0.6 is 27.5 Å². The highest BCUT2D eigenvalue weighted by molar-refractivity contribution is 9.09. The second-order valence-electron chi connectivity index (χ2n) is 3.43. The highest BCUT2D eigenvalue weighted by Crippen LogP contribution is 2.20. The average Bonchev–Trinajstić information content (AvgIpc) is 2.30. The molecule has 0 heterocycles.